The van der Waals surface area contributed by atoms with Gasteiger partial charge in [-0.3, -0.25) is 9.78 Å². The maximum atomic E-state index is 12.1. The molecule has 0 saturated heterocycles. The molecule has 4 nitrogen and oxygen atoms in total. The number of carbonyl (C=O) groups is 1. The van der Waals surface area contributed by atoms with Gasteiger partial charge in [0.2, 0.25) is 5.91 Å². The number of nitrogens with zero attached hydrogens (tertiary/aromatic N) is 1. The number of aliphatic hydroxyl groups is 1. The molecule has 1 amide bonds. The average Bonchev–Trinajstić information content (AvgIpc) is 2.60. The summed E-state index contributed by atoms with van der Waals surface area (Å²) in [4.78, 5) is 16.5. The highest BCUT2D eigenvalue weighted by molar-refractivity contribution is 5.82. The summed E-state index contributed by atoms with van der Waals surface area (Å²) in [6.45, 7) is 0.684. The van der Waals surface area contributed by atoms with Crippen LogP contribution in [0.5, 0.6) is 0 Å². The van der Waals surface area contributed by atoms with Crippen LogP contribution in [-0.4, -0.2) is 28.6 Å². The molecular weight excluding hydrogens is 300 g/mol. The highest BCUT2D eigenvalue weighted by Gasteiger charge is 2.22. The highest BCUT2D eigenvalue weighted by Crippen LogP contribution is 2.27. The third-order valence-electron chi connectivity index (χ3n) is 4.95. The van der Waals surface area contributed by atoms with Gasteiger partial charge in [0.15, 0.2) is 0 Å². The number of carbonyl (C=O) groups excluding carboxylic acids is 1. The Balaban J connectivity index is 1.41. The number of hydrogen-bond donors (Lipinski definition) is 2. The van der Waals surface area contributed by atoms with Crippen molar-refractivity contribution in [3.8, 4) is 0 Å². The van der Waals surface area contributed by atoms with Gasteiger partial charge in [0, 0.05) is 18.1 Å². The van der Waals surface area contributed by atoms with Crippen molar-refractivity contribution < 1.29 is 9.90 Å². The second kappa shape index (κ2) is 8.25. The molecule has 3 rings (SSSR count). The number of rotatable bonds is 6. The van der Waals surface area contributed by atoms with Gasteiger partial charge in [-0.15, -0.1) is 0 Å². The van der Waals surface area contributed by atoms with Crippen molar-refractivity contribution in [1.82, 2.24) is 10.3 Å². The fourth-order valence-electron chi connectivity index (χ4n) is 3.58. The van der Waals surface area contributed by atoms with E-state index in [0.717, 1.165) is 48.6 Å². The van der Waals surface area contributed by atoms with Gasteiger partial charge in [0.1, 0.15) is 0 Å². The Morgan fingerprint density at radius 3 is 2.96 bits per heavy atom. The number of nitrogens with one attached hydrogen (secondary N) is 1. The summed E-state index contributed by atoms with van der Waals surface area (Å²) >= 11 is 0. The Labute approximate surface area is 143 Å². The summed E-state index contributed by atoms with van der Waals surface area (Å²) in [5, 5.41) is 14.0. The van der Waals surface area contributed by atoms with E-state index in [9.17, 15) is 9.90 Å². The molecule has 2 aromatic rings. The second-order valence-corrected chi connectivity index (χ2v) is 6.82. The third kappa shape index (κ3) is 4.54. The molecule has 1 heterocycles. The summed E-state index contributed by atoms with van der Waals surface area (Å²) in [5.41, 5.74) is 1.89. The summed E-state index contributed by atoms with van der Waals surface area (Å²) in [5.74, 6) is 0.455. The van der Waals surface area contributed by atoms with E-state index in [1.165, 1.54) is 6.42 Å². The first-order chi connectivity index (χ1) is 11.7. The van der Waals surface area contributed by atoms with Crippen molar-refractivity contribution in [3.63, 3.8) is 0 Å². The molecule has 1 fully saturated rings. The average molecular weight is 326 g/mol. The molecule has 2 atom stereocenters. The fraction of sp³-hybridized carbons (Fsp3) is 0.500. The molecule has 0 unspecified atom stereocenters. The number of aromatic nitrogens is 1. The van der Waals surface area contributed by atoms with Crippen molar-refractivity contribution >= 4 is 16.8 Å². The molecule has 24 heavy (non-hydrogen) atoms. The van der Waals surface area contributed by atoms with E-state index in [4.69, 9.17) is 0 Å². The maximum Gasteiger partial charge on any atom is 0.224 e. The monoisotopic (exact) mass is 326 g/mol. The first kappa shape index (κ1) is 16.9. The summed E-state index contributed by atoms with van der Waals surface area (Å²) in [6.07, 6.45) is 8.37. The molecule has 1 aromatic heterocycles. The molecule has 0 bridgehead atoms. The van der Waals surface area contributed by atoms with Crippen molar-refractivity contribution in [2.75, 3.05) is 6.54 Å². The first-order valence-corrected chi connectivity index (χ1v) is 9.01. The van der Waals surface area contributed by atoms with Crippen LogP contribution in [0.4, 0.5) is 0 Å². The first-order valence-electron chi connectivity index (χ1n) is 9.01. The van der Waals surface area contributed by atoms with E-state index < -0.39 is 0 Å². The maximum absolute atomic E-state index is 12.1. The van der Waals surface area contributed by atoms with Crippen molar-refractivity contribution in [1.29, 1.82) is 0 Å². The molecule has 2 N–H and O–H groups in total. The molecule has 1 saturated carbocycles. The van der Waals surface area contributed by atoms with E-state index in [-0.39, 0.29) is 12.0 Å². The van der Waals surface area contributed by atoms with E-state index in [2.05, 4.69) is 10.3 Å². The lowest BCUT2D eigenvalue weighted by molar-refractivity contribution is -0.120. The molecule has 1 aliphatic rings. The minimum absolute atomic E-state index is 0.0382. The third-order valence-corrected chi connectivity index (χ3v) is 4.95. The lowest BCUT2D eigenvalue weighted by atomic mass is 9.83. The lowest BCUT2D eigenvalue weighted by Crippen LogP contribution is -2.28. The number of hydrogen-bond acceptors (Lipinski definition) is 3. The van der Waals surface area contributed by atoms with Crippen LogP contribution >= 0.6 is 0 Å². The molecular formula is C20H26N2O2. The predicted octanol–water partition coefficient (Wildman–Crippen LogP) is 3.22. The van der Waals surface area contributed by atoms with E-state index in [1.807, 2.05) is 30.3 Å². The van der Waals surface area contributed by atoms with Crippen molar-refractivity contribution in [3.05, 3.63) is 42.1 Å². The molecule has 4 heteroatoms. The van der Waals surface area contributed by atoms with Crippen molar-refractivity contribution in [2.45, 2.75) is 51.0 Å². The molecule has 1 aromatic carbocycles. The number of para-hydroxylation sites is 1. The molecule has 0 aliphatic heterocycles. The number of amides is 1. The van der Waals surface area contributed by atoms with Gasteiger partial charge in [0.05, 0.1) is 18.0 Å². The van der Waals surface area contributed by atoms with E-state index in [1.54, 1.807) is 6.20 Å². The lowest BCUT2D eigenvalue weighted by Gasteiger charge is -2.27. The Bertz CT molecular complexity index is 686. The Morgan fingerprint density at radius 1 is 1.25 bits per heavy atom. The quantitative estimate of drug-likeness (QED) is 0.801. The Morgan fingerprint density at radius 2 is 2.08 bits per heavy atom. The predicted molar refractivity (Wildman–Crippen MR) is 95.7 cm³/mol. The summed E-state index contributed by atoms with van der Waals surface area (Å²) in [6, 6.07) is 9.96. The minimum atomic E-state index is -0.141. The van der Waals surface area contributed by atoms with Gasteiger partial charge >= 0.3 is 0 Å². The number of pyridine rings is 1. The van der Waals surface area contributed by atoms with E-state index in [0.29, 0.717) is 18.9 Å². The highest BCUT2D eigenvalue weighted by atomic mass is 16.3. The van der Waals surface area contributed by atoms with Gasteiger partial charge < -0.3 is 10.4 Å². The van der Waals surface area contributed by atoms with Gasteiger partial charge in [-0.1, -0.05) is 31.0 Å². The summed E-state index contributed by atoms with van der Waals surface area (Å²) in [7, 11) is 0. The van der Waals surface area contributed by atoms with Crippen LogP contribution in [0.3, 0.4) is 0 Å². The molecule has 0 radical (unpaired) electrons. The zero-order valence-electron chi connectivity index (χ0n) is 14.1. The van der Waals surface area contributed by atoms with Crippen LogP contribution in [0, 0.1) is 5.92 Å². The van der Waals surface area contributed by atoms with E-state index >= 15 is 0 Å². The summed E-state index contributed by atoms with van der Waals surface area (Å²) < 4.78 is 0. The zero-order valence-corrected chi connectivity index (χ0v) is 14.1. The zero-order chi connectivity index (χ0) is 16.8. The van der Waals surface area contributed by atoms with Crippen molar-refractivity contribution in [2.24, 2.45) is 5.92 Å². The van der Waals surface area contributed by atoms with Crippen LogP contribution < -0.4 is 5.32 Å². The largest absolute Gasteiger partial charge is 0.393 e. The normalized spacial score (nSPS) is 20.9. The molecule has 1 aliphatic carbocycles. The smallest absolute Gasteiger partial charge is 0.224 e. The fourth-order valence-corrected chi connectivity index (χ4v) is 3.58. The van der Waals surface area contributed by atoms with Crippen LogP contribution in [0.25, 0.3) is 10.9 Å². The van der Waals surface area contributed by atoms with Gasteiger partial charge in [-0.05, 0) is 49.3 Å². The van der Waals surface area contributed by atoms with Gasteiger partial charge in [-0.2, -0.15) is 0 Å². The second-order valence-electron chi connectivity index (χ2n) is 6.82. The number of benzene rings is 1. The standard InChI is InChI=1S/C20H26N2O2/c23-19-10-4-2-6-16(19)8-5-11-21-20(24)13-15-12-17-7-1-3-9-18(17)22-14-15/h1,3,7,9,12,14,16,19,23H,2,4-6,8,10-11,13H2,(H,21,24)/t16-,19-/m0/s1. The van der Waals surface area contributed by atoms with Crippen LogP contribution in [-0.2, 0) is 11.2 Å². The minimum Gasteiger partial charge on any atom is -0.393 e. The van der Waals surface area contributed by atoms with Gasteiger partial charge in [-0.25, -0.2) is 0 Å². The molecule has 128 valence electrons. The Hall–Kier alpha value is -1.94. The topological polar surface area (TPSA) is 62.2 Å². The van der Waals surface area contributed by atoms with Crippen LogP contribution in [0.15, 0.2) is 36.5 Å². The molecule has 0 spiro atoms. The number of aliphatic hydroxyl groups excluding tert-OH is 1. The Kier molecular flexibility index (Phi) is 5.81. The SMILES string of the molecule is O=C(Cc1cnc2ccccc2c1)NCCC[C@@H]1CCCC[C@@H]1O. The van der Waals surface area contributed by atoms with Crippen LogP contribution in [0.1, 0.15) is 44.1 Å². The van der Waals surface area contributed by atoms with Crippen LogP contribution in [0.2, 0.25) is 0 Å². The number of fused-ring (bicyclic) bond motifs is 1. The van der Waals surface area contributed by atoms with Gasteiger partial charge in [0.25, 0.3) is 0 Å².